The number of carbonyl (C=O) groups excluding carboxylic acids is 2. The van der Waals surface area contributed by atoms with E-state index >= 15 is 0 Å². The van der Waals surface area contributed by atoms with Gasteiger partial charge in [-0.15, -0.1) is 11.3 Å². The highest BCUT2D eigenvalue weighted by Gasteiger charge is 2.32. The molecule has 0 N–H and O–H groups in total. The second kappa shape index (κ2) is 7.55. The molecule has 0 radical (unpaired) electrons. The number of thiazole rings is 1. The highest BCUT2D eigenvalue weighted by atomic mass is 32.1. The highest BCUT2D eigenvalue weighted by molar-refractivity contribution is 7.15. The van der Waals surface area contributed by atoms with Crippen molar-refractivity contribution in [3.8, 4) is 0 Å². The lowest BCUT2D eigenvalue weighted by Crippen LogP contribution is -2.48. The summed E-state index contributed by atoms with van der Waals surface area (Å²) in [6, 6.07) is 0. The van der Waals surface area contributed by atoms with Gasteiger partial charge in [0.25, 0.3) is 0 Å². The first kappa shape index (κ1) is 17.8. The smallest absolute Gasteiger partial charge is 0.226 e. The summed E-state index contributed by atoms with van der Waals surface area (Å²) < 4.78 is 0. The topological polar surface area (TPSA) is 56.8 Å². The molecule has 0 aromatic carbocycles. The summed E-state index contributed by atoms with van der Waals surface area (Å²) >= 11 is 1.76. The van der Waals surface area contributed by atoms with E-state index < -0.39 is 0 Å². The number of anilines is 1. The molecule has 26 heavy (non-hydrogen) atoms. The molecule has 2 aliphatic heterocycles. The Morgan fingerprint density at radius 3 is 2.42 bits per heavy atom. The zero-order valence-corrected chi connectivity index (χ0v) is 16.4. The van der Waals surface area contributed by atoms with Crippen molar-refractivity contribution in [3.63, 3.8) is 0 Å². The van der Waals surface area contributed by atoms with Crippen LogP contribution in [0.2, 0.25) is 0 Å². The summed E-state index contributed by atoms with van der Waals surface area (Å²) in [6.07, 6.45) is 6.28. The zero-order chi connectivity index (χ0) is 18.1. The second-order valence-electron chi connectivity index (χ2n) is 7.69. The number of carbonyl (C=O) groups is 2. The van der Waals surface area contributed by atoms with Crippen molar-refractivity contribution in [1.82, 2.24) is 14.8 Å². The number of likely N-dealkylation sites (tertiary alicyclic amines) is 1. The van der Waals surface area contributed by atoms with E-state index in [0.29, 0.717) is 5.91 Å². The summed E-state index contributed by atoms with van der Waals surface area (Å²) in [5, 5.41) is 1.07. The van der Waals surface area contributed by atoms with Crippen molar-refractivity contribution < 1.29 is 9.59 Å². The average molecular weight is 377 g/mol. The molecule has 3 heterocycles. The van der Waals surface area contributed by atoms with Crippen LogP contribution in [0.15, 0.2) is 0 Å². The summed E-state index contributed by atoms with van der Waals surface area (Å²) in [4.78, 5) is 36.8. The van der Waals surface area contributed by atoms with Gasteiger partial charge >= 0.3 is 0 Å². The summed E-state index contributed by atoms with van der Waals surface area (Å²) in [5.41, 5.74) is 1.20. The Balaban J connectivity index is 1.39. The number of piperidine rings is 1. The molecule has 1 atom stereocenters. The van der Waals surface area contributed by atoms with Gasteiger partial charge in [0.15, 0.2) is 5.13 Å². The Kier molecular flexibility index (Phi) is 5.16. The molecule has 3 aliphatic rings. The molecule has 1 aromatic heterocycles. The SMILES string of the molecule is CC(=O)N1CCN(c2nc3c(s2)CC(C(=O)N2CCCCC2)CC3)CC1. The molecule has 0 bridgehead atoms. The van der Waals surface area contributed by atoms with Gasteiger partial charge in [0.2, 0.25) is 11.8 Å². The normalized spacial score (nSPS) is 23.7. The summed E-state index contributed by atoms with van der Waals surface area (Å²) in [7, 11) is 0. The maximum atomic E-state index is 12.8. The number of piperazine rings is 1. The van der Waals surface area contributed by atoms with Crippen molar-refractivity contribution >= 4 is 28.3 Å². The molecule has 0 spiro atoms. The first-order valence-electron chi connectivity index (χ1n) is 9.89. The highest BCUT2D eigenvalue weighted by Crippen LogP contribution is 2.35. The molecule has 0 saturated carbocycles. The molecular formula is C19H28N4O2S. The minimum Gasteiger partial charge on any atom is -0.345 e. The number of fused-ring (bicyclic) bond motifs is 1. The van der Waals surface area contributed by atoms with Crippen molar-refractivity contribution in [2.75, 3.05) is 44.2 Å². The predicted molar refractivity (Wildman–Crippen MR) is 103 cm³/mol. The predicted octanol–water partition coefficient (Wildman–Crippen LogP) is 1.93. The molecule has 4 rings (SSSR count). The molecule has 7 heteroatoms. The van der Waals surface area contributed by atoms with Gasteiger partial charge in [-0.05, 0) is 38.5 Å². The Morgan fingerprint density at radius 1 is 1.00 bits per heavy atom. The van der Waals surface area contributed by atoms with Crippen molar-refractivity contribution in [3.05, 3.63) is 10.6 Å². The molecule has 1 aliphatic carbocycles. The van der Waals surface area contributed by atoms with Crippen LogP contribution in [0.1, 0.15) is 43.2 Å². The van der Waals surface area contributed by atoms with E-state index in [2.05, 4.69) is 9.80 Å². The van der Waals surface area contributed by atoms with E-state index in [4.69, 9.17) is 4.98 Å². The lowest BCUT2D eigenvalue weighted by Gasteiger charge is -2.33. The second-order valence-corrected chi connectivity index (χ2v) is 8.75. The fourth-order valence-electron chi connectivity index (χ4n) is 4.29. The van der Waals surface area contributed by atoms with Crippen LogP contribution in [0.3, 0.4) is 0 Å². The molecule has 1 unspecified atom stereocenters. The maximum Gasteiger partial charge on any atom is 0.226 e. The van der Waals surface area contributed by atoms with Crippen LogP contribution in [-0.2, 0) is 22.4 Å². The van der Waals surface area contributed by atoms with Crippen LogP contribution >= 0.6 is 11.3 Å². The number of aromatic nitrogens is 1. The molecule has 1 aromatic rings. The number of amides is 2. The monoisotopic (exact) mass is 376 g/mol. The van der Waals surface area contributed by atoms with Gasteiger partial charge in [0.1, 0.15) is 0 Å². The largest absolute Gasteiger partial charge is 0.345 e. The Hall–Kier alpha value is -1.63. The minimum absolute atomic E-state index is 0.142. The standard InChI is InChI=1S/C19H28N4O2S/c1-14(24)21-9-11-23(12-10-21)19-20-16-6-5-15(13-17(16)26-19)18(25)22-7-3-2-4-8-22/h15H,2-13H2,1H3. The van der Waals surface area contributed by atoms with Gasteiger partial charge < -0.3 is 14.7 Å². The van der Waals surface area contributed by atoms with Crippen molar-refractivity contribution in [2.24, 2.45) is 5.92 Å². The van der Waals surface area contributed by atoms with Gasteiger partial charge in [-0.1, -0.05) is 0 Å². The third-order valence-electron chi connectivity index (χ3n) is 5.94. The van der Waals surface area contributed by atoms with E-state index in [0.717, 1.165) is 76.5 Å². The van der Waals surface area contributed by atoms with Gasteiger partial charge in [-0.3, -0.25) is 9.59 Å². The fraction of sp³-hybridized carbons (Fsp3) is 0.737. The third-order valence-corrected chi connectivity index (χ3v) is 7.12. The zero-order valence-electron chi connectivity index (χ0n) is 15.6. The average Bonchev–Trinajstić information content (AvgIpc) is 3.11. The van der Waals surface area contributed by atoms with Gasteiger partial charge in [-0.2, -0.15) is 0 Å². The van der Waals surface area contributed by atoms with E-state index in [1.807, 2.05) is 4.90 Å². The first-order valence-corrected chi connectivity index (χ1v) is 10.7. The van der Waals surface area contributed by atoms with Crippen LogP contribution in [0.5, 0.6) is 0 Å². The third kappa shape index (κ3) is 3.59. The molecule has 6 nitrogen and oxygen atoms in total. The quantitative estimate of drug-likeness (QED) is 0.791. The minimum atomic E-state index is 0.142. The number of nitrogens with zero attached hydrogens (tertiary/aromatic N) is 4. The Morgan fingerprint density at radius 2 is 1.73 bits per heavy atom. The number of rotatable bonds is 2. The van der Waals surface area contributed by atoms with Gasteiger partial charge in [-0.25, -0.2) is 4.98 Å². The Bertz CT molecular complexity index is 675. The van der Waals surface area contributed by atoms with Crippen LogP contribution in [-0.4, -0.2) is 65.9 Å². The summed E-state index contributed by atoms with van der Waals surface area (Å²) in [6.45, 7) is 6.76. The molecule has 142 valence electrons. The van der Waals surface area contributed by atoms with Crippen molar-refractivity contribution in [2.45, 2.75) is 45.4 Å². The number of aryl methyl sites for hydroxylation is 1. The van der Waals surface area contributed by atoms with Crippen LogP contribution in [0, 0.1) is 5.92 Å². The van der Waals surface area contributed by atoms with Crippen LogP contribution in [0.25, 0.3) is 0 Å². The number of hydrogen-bond donors (Lipinski definition) is 0. The number of hydrogen-bond acceptors (Lipinski definition) is 5. The maximum absolute atomic E-state index is 12.8. The van der Waals surface area contributed by atoms with Gasteiger partial charge in [0.05, 0.1) is 5.69 Å². The van der Waals surface area contributed by atoms with E-state index in [-0.39, 0.29) is 11.8 Å². The van der Waals surface area contributed by atoms with Crippen LogP contribution in [0.4, 0.5) is 5.13 Å². The van der Waals surface area contributed by atoms with E-state index in [9.17, 15) is 9.59 Å². The molecule has 2 amide bonds. The summed E-state index contributed by atoms with van der Waals surface area (Å²) in [5.74, 6) is 0.658. The van der Waals surface area contributed by atoms with Crippen molar-refractivity contribution in [1.29, 1.82) is 0 Å². The first-order chi connectivity index (χ1) is 12.6. The fourth-order valence-corrected chi connectivity index (χ4v) is 5.53. The molecule has 2 fully saturated rings. The van der Waals surface area contributed by atoms with E-state index in [1.165, 1.54) is 17.0 Å². The molecule has 2 saturated heterocycles. The van der Waals surface area contributed by atoms with E-state index in [1.54, 1.807) is 18.3 Å². The lowest BCUT2D eigenvalue weighted by atomic mass is 9.89. The molecular weight excluding hydrogens is 348 g/mol. The Labute approximate surface area is 159 Å². The lowest BCUT2D eigenvalue weighted by molar-refractivity contribution is -0.136. The van der Waals surface area contributed by atoms with Gasteiger partial charge in [0, 0.05) is 57.0 Å². The van der Waals surface area contributed by atoms with Crippen LogP contribution < -0.4 is 4.90 Å².